The highest BCUT2D eigenvalue weighted by molar-refractivity contribution is 7.89. The van der Waals surface area contributed by atoms with Crippen LogP contribution in [0.1, 0.15) is 38.4 Å². The van der Waals surface area contributed by atoms with Gasteiger partial charge in [-0.2, -0.15) is 4.31 Å². The Balaban J connectivity index is 1.73. The summed E-state index contributed by atoms with van der Waals surface area (Å²) in [5.41, 5.74) is 0.507. The molecule has 0 bridgehead atoms. The van der Waals surface area contributed by atoms with E-state index in [1.165, 1.54) is 0 Å². The van der Waals surface area contributed by atoms with Gasteiger partial charge in [-0.25, -0.2) is 8.42 Å². The van der Waals surface area contributed by atoms with Crippen LogP contribution in [0.15, 0.2) is 23.1 Å². The predicted molar refractivity (Wildman–Crippen MR) is 76.8 cm³/mol. The molecular weight excluding hydrogens is 290 g/mol. The average molecular weight is 309 g/mol. The Hall–Kier alpha value is -1.11. The van der Waals surface area contributed by atoms with E-state index < -0.39 is 10.0 Å². The van der Waals surface area contributed by atoms with Gasteiger partial charge in [0, 0.05) is 18.7 Å². The number of hydrogen-bond donors (Lipinski definition) is 0. The molecule has 0 unspecified atom stereocenters. The van der Waals surface area contributed by atoms with E-state index in [1.54, 1.807) is 22.5 Å². The highest BCUT2D eigenvalue weighted by atomic mass is 32.2. The minimum atomic E-state index is -3.38. The van der Waals surface area contributed by atoms with Gasteiger partial charge in [0.15, 0.2) is 0 Å². The number of epoxide rings is 1. The zero-order valence-corrected chi connectivity index (χ0v) is 13.0. The minimum Gasteiger partial charge on any atom is -0.485 e. The van der Waals surface area contributed by atoms with Crippen LogP contribution in [0.3, 0.4) is 0 Å². The second-order valence-corrected chi connectivity index (χ2v) is 8.43. The largest absolute Gasteiger partial charge is 0.485 e. The fraction of sp³-hybridized carbons (Fsp3) is 0.600. The predicted octanol–water partition coefficient (Wildman–Crippen LogP) is 2.08. The van der Waals surface area contributed by atoms with E-state index in [-0.39, 0.29) is 17.8 Å². The third-order valence-corrected chi connectivity index (χ3v) is 6.43. The molecule has 3 aliphatic rings. The number of benzene rings is 1. The molecule has 6 heteroatoms. The van der Waals surface area contributed by atoms with Crippen molar-refractivity contribution in [3.05, 3.63) is 23.8 Å². The maximum Gasteiger partial charge on any atom is 0.243 e. The Morgan fingerprint density at radius 1 is 1.24 bits per heavy atom. The molecule has 0 aromatic heterocycles. The van der Waals surface area contributed by atoms with Crippen LogP contribution in [-0.2, 0) is 14.8 Å². The summed E-state index contributed by atoms with van der Waals surface area (Å²) in [7, 11) is -3.38. The topological polar surface area (TPSA) is 59.1 Å². The van der Waals surface area contributed by atoms with Crippen molar-refractivity contribution >= 4 is 10.0 Å². The molecule has 3 heterocycles. The quantitative estimate of drug-likeness (QED) is 0.785. The molecule has 21 heavy (non-hydrogen) atoms. The fourth-order valence-electron chi connectivity index (χ4n) is 3.30. The lowest BCUT2D eigenvalue weighted by atomic mass is 9.94. The van der Waals surface area contributed by atoms with Gasteiger partial charge in [-0.1, -0.05) is 0 Å². The maximum absolute atomic E-state index is 12.6. The molecule has 2 atom stereocenters. The highest BCUT2D eigenvalue weighted by Crippen LogP contribution is 2.54. The summed E-state index contributed by atoms with van der Waals surface area (Å²) in [4.78, 5) is 0.348. The summed E-state index contributed by atoms with van der Waals surface area (Å²) in [6.45, 7) is 5.22. The summed E-state index contributed by atoms with van der Waals surface area (Å²) >= 11 is 0. The molecule has 3 aliphatic heterocycles. The fourth-order valence-corrected chi connectivity index (χ4v) is 4.85. The zero-order chi connectivity index (χ0) is 14.8. The maximum atomic E-state index is 12.6. The number of hydrogen-bond acceptors (Lipinski definition) is 4. The average Bonchev–Trinajstić information content (AvgIpc) is 3.06. The van der Waals surface area contributed by atoms with Gasteiger partial charge in [0.05, 0.1) is 4.90 Å². The van der Waals surface area contributed by atoms with E-state index >= 15 is 0 Å². The van der Waals surface area contributed by atoms with Crippen LogP contribution in [0.4, 0.5) is 0 Å². The summed E-state index contributed by atoms with van der Waals surface area (Å²) in [5.74, 6) is 0.735. The molecule has 4 rings (SSSR count). The van der Waals surface area contributed by atoms with Gasteiger partial charge in [-0.15, -0.1) is 0 Å². The van der Waals surface area contributed by atoms with Crippen molar-refractivity contribution in [2.45, 2.75) is 49.4 Å². The summed E-state index contributed by atoms with van der Waals surface area (Å²) in [5, 5.41) is 0. The van der Waals surface area contributed by atoms with Crippen LogP contribution in [0.5, 0.6) is 5.75 Å². The third-order valence-electron chi connectivity index (χ3n) is 4.54. The lowest BCUT2D eigenvalue weighted by Gasteiger charge is -2.29. The number of nitrogens with zero attached hydrogens (tertiary/aromatic N) is 1. The Bertz CT molecular complexity index is 692. The van der Waals surface area contributed by atoms with Crippen LogP contribution >= 0.6 is 0 Å². The molecule has 1 aromatic rings. The first-order chi connectivity index (χ1) is 9.89. The number of ether oxygens (including phenoxy) is 2. The molecule has 0 radical (unpaired) electrons. The van der Waals surface area contributed by atoms with Crippen LogP contribution in [0.25, 0.3) is 0 Å². The van der Waals surface area contributed by atoms with Crippen molar-refractivity contribution in [1.29, 1.82) is 0 Å². The van der Waals surface area contributed by atoms with Crippen LogP contribution in [0.2, 0.25) is 0 Å². The molecular formula is C15H19NO4S. The molecule has 2 fully saturated rings. The molecule has 5 nitrogen and oxygen atoms in total. The van der Waals surface area contributed by atoms with Crippen molar-refractivity contribution in [2.24, 2.45) is 0 Å². The van der Waals surface area contributed by atoms with Gasteiger partial charge in [0.25, 0.3) is 0 Å². The summed E-state index contributed by atoms with van der Waals surface area (Å²) in [6.07, 6.45) is 1.87. The van der Waals surface area contributed by atoms with Crippen molar-refractivity contribution in [3.8, 4) is 5.75 Å². The van der Waals surface area contributed by atoms with Crippen molar-refractivity contribution in [3.63, 3.8) is 0 Å². The minimum absolute atomic E-state index is 0.0229. The first kappa shape index (κ1) is 13.5. The Morgan fingerprint density at radius 3 is 2.67 bits per heavy atom. The van der Waals surface area contributed by atoms with Crippen molar-refractivity contribution in [1.82, 2.24) is 4.31 Å². The second kappa shape index (κ2) is 4.21. The molecule has 0 amide bonds. The van der Waals surface area contributed by atoms with Gasteiger partial charge in [0.1, 0.15) is 23.6 Å². The van der Waals surface area contributed by atoms with Gasteiger partial charge in [-0.05, 0) is 44.9 Å². The number of sulfonamides is 1. The van der Waals surface area contributed by atoms with E-state index in [1.807, 2.05) is 13.8 Å². The lowest BCUT2D eigenvalue weighted by molar-refractivity contribution is 0.0724. The van der Waals surface area contributed by atoms with Crippen LogP contribution < -0.4 is 4.74 Å². The lowest BCUT2D eigenvalue weighted by Crippen LogP contribution is -2.37. The smallest absolute Gasteiger partial charge is 0.243 e. The first-order valence-corrected chi connectivity index (χ1v) is 8.82. The number of rotatable bonds is 2. The third kappa shape index (κ3) is 2.00. The summed E-state index contributed by atoms with van der Waals surface area (Å²) in [6, 6.07) is 5.13. The van der Waals surface area contributed by atoms with Gasteiger partial charge < -0.3 is 9.47 Å². The van der Waals surface area contributed by atoms with E-state index in [0.717, 1.165) is 24.2 Å². The van der Waals surface area contributed by atoms with E-state index in [4.69, 9.17) is 9.47 Å². The molecule has 0 spiro atoms. The summed E-state index contributed by atoms with van der Waals surface area (Å²) < 4.78 is 38.4. The van der Waals surface area contributed by atoms with Gasteiger partial charge >= 0.3 is 0 Å². The van der Waals surface area contributed by atoms with E-state index in [2.05, 4.69) is 0 Å². The normalized spacial score (nSPS) is 30.4. The molecule has 1 aromatic carbocycles. The Kier molecular flexibility index (Phi) is 2.72. The van der Waals surface area contributed by atoms with Crippen molar-refractivity contribution in [2.75, 3.05) is 13.1 Å². The number of fused-ring (bicyclic) bond motifs is 3. The van der Waals surface area contributed by atoms with Gasteiger partial charge in [-0.3, -0.25) is 0 Å². The molecule has 2 saturated heterocycles. The molecule has 114 valence electrons. The van der Waals surface area contributed by atoms with E-state index in [0.29, 0.717) is 18.0 Å². The molecule has 0 N–H and O–H groups in total. The Labute approximate surface area is 124 Å². The monoisotopic (exact) mass is 309 g/mol. The standard InChI is InChI=1S/C15H19NO4S/c1-15(2)14-13(19-14)11-9-10(5-6-12(11)20-15)21(17,18)16-7-3-4-8-16/h5-6,9,13-14H,3-4,7-8H2,1-2H3/t13-,14-/m0/s1. The van der Waals surface area contributed by atoms with Crippen LogP contribution in [0, 0.1) is 0 Å². The zero-order valence-electron chi connectivity index (χ0n) is 12.2. The van der Waals surface area contributed by atoms with Crippen molar-refractivity contribution < 1.29 is 17.9 Å². The Morgan fingerprint density at radius 2 is 1.95 bits per heavy atom. The molecule has 0 saturated carbocycles. The highest BCUT2D eigenvalue weighted by Gasteiger charge is 2.56. The first-order valence-electron chi connectivity index (χ1n) is 7.38. The second-order valence-electron chi connectivity index (χ2n) is 6.49. The molecule has 0 aliphatic carbocycles. The van der Waals surface area contributed by atoms with Crippen LogP contribution in [-0.4, -0.2) is 37.5 Å². The van der Waals surface area contributed by atoms with Gasteiger partial charge in [0.2, 0.25) is 10.0 Å². The SMILES string of the molecule is CC1(C)Oc2ccc(S(=O)(=O)N3CCCC3)cc2[C@@H]2O[C@@H]21. The van der Waals surface area contributed by atoms with E-state index in [9.17, 15) is 8.42 Å².